The van der Waals surface area contributed by atoms with Crippen LogP contribution in [0, 0.1) is 0 Å². The SMILES string of the molecule is C=C(C(=O)OC)N1CCCC1. The molecule has 1 aliphatic rings. The van der Waals surface area contributed by atoms with Crippen LogP contribution >= 0.6 is 0 Å². The highest BCUT2D eigenvalue weighted by atomic mass is 16.5. The largest absolute Gasteiger partial charge is 0.464 e. The van der Waals surface area contributed by atoms with E-state index in [1.54, 1.807) is 0 Å². The van der Waals surface area contributed by atoms with Crippen LogP contribution in [0.3, 0.4) is 0 Å². The first-order valence-electron chi connectivity index (χ1n) is 3.78. The lowest BCUT2D eigenvalue weighted by Crippen LogP contribution is -2.24. The monoisotopic (exact) mass is 155 g/mol. The van der Waals surface area contributed by atoms with E-state index in [1.807, 2.05) is 4.90 Å². The molecule has 0 aromatic heterocycles. The minimum Gasteiger partial charge on any atom is -0.464 e. The van der Waals surface area contributed by atoms with Crippen molar-refractivity contribution in [1.29, 1.82) is 0 Å². The second-order valence-corrected chi connectivity index (χ2v) is 2.63. The fraction of sp³-hybridized carbons (Fsp3) is 0.625. The molecule has 3 heteroatoms. The van der Waals surface area contributed by atoms with Crippen LogP contribution in [0.25, 0.3) is 0 Å². The summed E-state index contributed by atoms with van der Waals surface area (Å²) in [6.07, 6.45) is 2.30. The summed E-state index contributed by atoms with van der Waals surface area (Å²) in [5.74, 6) is -0.313. The Hall–Kier alpha value is -0.990. The molecule has 62 valence electrons. The number of esters is 1. The molecule has 0 bridgehead atoms. The molecule has 0 unspecified atom stereocenters. The van der Waals surface area contributed by atoms with Crippen molar-refractivity contribution in [1.82, 2.24) is 4.90 Å². The van der Waals surface area contributed by atoms with E-state index >= 15 is 0 Å². The first kappa shape index (κ1) is 8.11. The lowest BCUT2D eigenvalue weighted by molar-refractivity contribution is -0.137. The summed E-state index contributed by atoms with van der Waals surface area (Å²) in [5, 5.41) is 0. The maximum Gasteiger partial charge on any atom is 0.353 e. The van der Waals surface area contributed by atoms with E-state index in [-0.39, 0.29) is 5.97 Å². The summed E-state index contributed by atoms with van der Waals surface area (Å²) < 4.78 is 4.54. The van der Waals surface area contributed by atoms with E-state index in [0.717, 1.165) is 25.9 Å². The van der Waals surface area contributed by atoms with Crippen LogP contribution in [0.5, 0.6) is 0 Å². The molecule has 0 spiro atoms. The molecule has 0 saturated carbocycles. The first-order chi connectivity index (χ1) is 5.25. The van der Waals surface area contributed by atoms with Crippen LogP contribution in [0.4, 0.5) is 0 Å². The molecular formula is C8H13NO2. The molecule has 0 aliphatic carbocycles. The maximum absolute atomic E-state index is 10.9. The molecule has 11 heavy (non-hydrogen) atoms. The van der Waals surface area contributed by atoms with Gasteiger partial charge in [-0.25, -0.2) is 4.79 Å². The van der Waals surface area contributed by atoms with Crippen LogP contribution in [0.2, 0.25) is 0 Å². The lowest BCUT2D eigenvalue weighted by atomic mass is 10.4. The number of carbonyl (C=O) groups is 1. The number of hydrogen-bond donors (Lipinski definition) is 0. The Morgan fingerprint density at radius 1 is 1.45 bits per heavy atom. The van der Waals surface area contributed by atoms with E-state index in [4.69, 9.17) is 0 Å². The minimum absolute atomic E-state index is 0.313. The van der Waals surface area contributed by atoms with Gasteiger partial charge in [-0.3, -0.25) is 0 Å². The van der Waals surface area contributed by atoms with Crippen LogP contribution < -0.4 is 0 Å². The third-order valence-corrected chi connectivity index (χ3v) is 1.91. The van der Waals surface area contributed by atoms with Gasteiger partial charge in [0.15, 0.2) is 0 Å². The van der Waals surface area contributed by atoms with Gasteiger partial charge in [0.05, 0.1) is 7.11 Å². The van der Waals surface area contributed by atoms with Crippen molar-refractivity contribution < 1.29 is 9.53 Å². The number of hydrogen-bond acceptors (Lipinski definition) is 3. The average Bonchev–Trinajstić information content (AvgIpc) is 2.53. The van der Waals surface area contributed by atoms with Gasteiger partial charge in [-0.05, 0) is 12.8 Å². The first-order valence-corrected chi connectivity index (χ1v) is 3.78. The number of ether oxygens (including phenoxy) is 1. The Bertz CT molecular complexity index is 171. The van der Waals surface area contributed by atoms with Gasteiger partial charge in [0.25, 0.3) is 0 Å². The molecule has 0 amide bonds. The van der Waals surface area contributed by atoms with Crippen molar-refractivity contribution in [2.24, 2.45) is 0 Å². The van der Waals surface area contributed by atoms with E-state index in [0.29, 0.717) is 5.70 Å². The Kier molecular flexibility index (Phi) is 2.52. The number of nitrogens with zero attached hydrogens (tertiary/aromatic N) is 1. The molecule has 1 saturated heterocycles. The highest BCUT2D eigenvalue weighted by Gasteiger charge is 2.18. The fourth-order valence-corrected chi connectivity index (χ4v) is 1.23. The smallest absolute Gasteiger partial charge is 0.353 e. The summed E-state index contributed by atoms with van der Waals surface area (Å²) in [5.41, 5.74) is 0.491. The van der Waals surface area contributed by atoms with Crippen molar-refractivity contribution in [3.63, 3.8) is 0 Å². The Morgan fingerprint density at radius 2 is 2.00 bits per heavy atom. The van der Waals surface area contributed by atoms with Gasteiger partial charge in [0.1, 0.15) is 5.70 Å². The summed E-state index contributed by atoms with van der Waals surface area (Å²) in [7, 11) is 1.38. The normalized spacial score (nSPS) is 16.6. The van der Waals surface area contributed by atoms with Crippen LogP contribution in [0.1, 0.15) is 12.8 Å². The van der Waals surface area contributed by atoms with Gasteiger partial charge in [-0.15, -0.1) is 0 Å². The molecule has 0 radical (unpaired) electrons. The summed E-state index contributed by atoms with van der Waals surface area (Å²) in [6, 6.07) is 0. The number of methoxy groups -OCH3 is 1. The van der Waals surface area contributed by atoms with Crippen molar-refractivity contribution in [3.8, 4) is 0 Å². The van der Waals surface area contributed by atoms with Crippen LogP contribution in [0.15, 0.2) is 12.3 Å². The summed E-state index contributed by atoms with van der Waals surface area (Å²) in [4.78, 5) is 12.9. The number of carbonyl (C=O) groups excluding carboxylic acids is 1. The third kappa shape index (κ3) is 1.73. The Labute approximate surface area is 66.6 Å². The highest BCUT2D eigenvalue weighted by Crippen LogP contribution is 2.13. The molecule has 0 aromatic carbocycles. The highest BCUT2D eigenvalue weighted by molar-refractivity contribution is 5.86. The quantitative estimate of drug-likeness (QED) is 0.435. The Morgan fingerprint density at radius 3 is 2.45 bits per heavy atom. The van der Waals surface area contributed by atoms with Crippen molar-refractivity contribution in [2.75, 3.05) is 20.2 Å². The molecule has 0 aromatic rings. The van der Waals surface area contributed by atoms with Gasteiger partial charge < -0.3 is 9.64 Å². The van der Waals surface area contributed by atoms with Gasteiger partial charge >= 0.3 is 5.97 Å². The van der Waals surface area contributed by atoms with Crippen LogP contribution in [-0.4, -0.2) is 31.1 Å². The zero-order chi connectivity index (χ0) is 8.27. The van der Waals surface area contributed by atoms with Gasteiger partial charge in [0, 0.05) is 13.1 Å². The van der Waals surface area contributed by atoms with Crippen molar-refractivity contribution in [2.45, 2.75) is 12.8 Å². The molecule has 0 N–H and O–H groups in total. The minimum atomic E-state index is -0.313. The van der Waals surface area contributed by atoms with Crippen molar-refractivity contribution >= 4 is 5.97 Å². The second kappa shape index (κ2) is 3.42. The van der Waals surface area contributed by atoms with Gasteiger partial charge in [0.2, 0.25) is 0 Å². The number of likely N-dealkylation sites (tertiary alicyclic amines) is 1. The molecule has 0 atom stereocenters. The molecular weight excluding hydrogens is 142 g/mol. The summed E-state index contributed by atoms with van der Waals surface area (Å²) >= 11 is 0. The predicted molar refractivity (Wildman–Crippen MR) is 42.0 cm³/mol. The molecule has 3 nitrogen and oxygen atoms in total. The lowest BCUT2D eigenvalue weighted by Gasteiger charge is -2.17. The van der Waals surface area contributed by atoms with E-state index in [2.05, 4.69) is 11.3 Å². The van der Waals surface area contributed by atoms with E-state index in [1.165, 1.54) is 7.11 Å². The topological polar surface area (TPSA) is 29.5 Å². The summed E-state index contributed by atoms with van der Waals surface area (Å²) in [6.45, 7) is 5.54. The van der Waals surface area contributed by atoms with E-state index < -0.39 is 0 Å². The molecule has 1 fully saturated rings. The molecule has 1 heterocycles. The molecule has 1 rings (SSSR count). The maximum atomic E-state index is 10.9. The van der Waals surface area contributed by atoms with Crippen molar-refractivity contribution in [3.05, 3.63) is 12.3 Å². The zero-order valence-electron chi connectivity index (χ0n) is 6.80. The van der Waals surface area contributed by atoms with E-state index in [9.17, 15) is 4.79 Å². The predicted octanol–water partition coefficient (Wildman–Crippen LogP) is 0.769. The fourth-order valence-electron chi connectivity index (χ4n) is 1.23. The Balaban J connectivity index is 2.46. The standard InChI is InChI=1S/C8H13NO2/c1-7(8(10)11-2)9-5-3-4-6-9/h1,3-6H2,2H3. The number of rotatable bonds is 2. The zero-order valence-corrected chi connectivity index (χ0v) is 6.80. The van der Waals surface area contributed by atoms with Crippen LogP contribution in [-0.2, 0) is 9.53 Å². The average molecular weight is 155 g/mol. The second-order valence-electron chi connectivity index (χ2n) is 2.63. The van der Waals surface area contributed by atoms with Gasteiger partial charge in [-0.1, -0.05) is 6.58 Å². The molecule has 1 aliphatic heterocycles. The van der Waals surface area contributed by atoms with Gasteiger partial charge in [-0.2, -0.15) is 0 Å². The third-order valence-electron chi connectivity index (χ3n) is 1.91.